The van der Waals surface area contributed by atoms with E-state index in [2.05, 4.69) is 0 Å². The van der Waals surface area contributed by atoms with Crippen LogP contribution in [0.4, 0.5) is 0 Å². The fourth-order valence-corrected chi connectivity index (χ4v) is 5.12. The van der Waals surface area contributed by atoms with Crippen LogP contribution in [0.2, 0.25) is 0 Å². The van der Waals surface area contributed by atoms with Crippen molar-refractivity contribution in [1.29, 1.82) is 0 Å². The number of hydrogen-bond donors (Lipinski definition) is 1. The molecule has 6 rings (SSSR count). The highest BCUT2D eigenvalue weighted by Gasteiger charge is 2.46. The summed E-state index contributed by atoms with van der Waals surface area (Å²) in [5, 5.41) is 11.5. The maximum atomic E-state index is 13.5. The predicted octanol–water partition coefficient (Wildman–Crippen LogP) is 5.65. The van der Waals surface area contributed by atoms with Crippen LogP contribution in [0.3, 0.4) is 0 Å². The van der Waals surface area contributed by atoms with Gasteiger partial charge in [-0.15, -0.1) is 0 Å². The third-order valence-electron chi connectivity index (χ3n) is 7.08. The zero-order valence-electron chi connectivity index (χ0n) is 22.9. The Morgan fingerprint density at radius 1 is 0.905 bits per heavy atom. The van der Waals surface area contributed by atoms with Gasteiger partial charge in [0.05, 0.1) is 31.0 Å². The number of aliphatic hydroxyl groups is 1. The average Bonchev–Trinajstić information content (AvgIpc) is 3.63. The van der Waals surface area contributed by atoms with E-state index in [-0.39, 0.29) is 17.9 Å². The van der Waals surface area contributed by atoms with Crippen molar-refractivity contribution in [2.24, 2.45) is 0 Å². The molecule has 0 aliphatic carbocycles. The van der Waals surface area contributed by atoms with E-state index in [9.17, 15) is 14.7 Å². The van der Waals surface area contributed by atoms with Crippen molar-refractivity contribution in [3.63, 3.8) is 0 Å². The topological polar surface area (TPSA) is 108 Å². The van der Waals surface area contributed by atoms with Gasteiger partial charge in [0.25, 0.3) is 11.7 Å². The molecular weight excluding hydrogens is 538 g/mol. The maximum Gasteiger partial charge on any atom is 0.296 e. The number of rotatable bonds is 9. The number of furan rings is 1. The van der Waals surface area contributed by atoms with Crippen LogP contribution in [0.25, 0.3) is 5.76 Å². The Labute approximate surface area is 242 Å². The summed E-state index contributed by atoms with van der Waals surface area (Å²) in [6.45, 7) is 3.37. The van der Waals surface area contributed by atoms with Gasteiger partial charge in [-0.25, -0.2) is 0 Å². The first-order chi connectivity index (χ1) is 20.5. The lowest BCUT2D eigenvalue weighted by Gasteiger charge is -2.25. The first-order valence-electron chi connectivity index (χ1n) is 13.7. The third-order valence-corrected chi connectivity index (χ3v) is 7.08. The number of ether oxygens (including phenoxy) is 4. The molecule has 1 amide bonds. The summed E-state index contributed by atoms with van der Waals surface area (Å²) in [4.78, 5) is 28.3. The maximum absolute atomic E-state index is 13.5. The second-order valence-electron chi connectivity index (χ2n) is 9.78. The Balaban J connectivity index is 1.42. The molecule has 0 saturated carbocycles. The van der Waals surface area contributed by atoms with E-state index in [1.165, 1.54) is 11.2 Å². The second-order valence-corrected chi connectivity index (χ2v) is 9.78. The molecule has 3 heterocycles. The lowest BCUT2D eigenvalue weighted by Crippen LogP contribution is -2.29. The zero-order chi connectivity index (χ0) is 29.1. The number of benzene rings is 3. The minimum absolute atomic E-state index is 0.0242. The van der Waals surface area contributed by atoms with Gasteiger partial charge in [-0.05, 0) is 60.5 Å². The second kappa shape index (κ2) is 11.7. The Morgan fingerprint density at radius 3 is 2.48 bits per heavy atom. The molecule has 0 unspecified atom stereocenters. The van der Waals surface area contributed by atoms with E-state index in [1.807, 2.05) is 37.3 Å². The number of carbonyl (C=O) groups is 2. The normalized spacial score (nSPS) is 17.4. The molecule has 1 N–H and O–H groups in total. The summed E-state index contributed by atoms with van der Waals surface area (Å²) < 4.78 is 28.8. The van der Waals surface area contributed by atoms with Crippen molar-refractivity contribution in [1.82, 2.24) is 4.90 Å². The highest BCUT2D eigenvalue weighted by atomic mass is 16.6. The fraction of sp³-hybridized carbons (Fsp3) is 0.212. The van der Waals surface area contributed by atoms with Crippen LogP contribution in [0, 0.1) is 0 Å². The predicted molar refractivity (Wildman–Crippen MR) is 152 cm³/mol. The summed E-state index contributed by atoms with van der Waals surface area (Å²) in [6, 6.07) is 22.4. The quantitative estimate of drug-likeness (QED) is 0.157. The van der Waals surface area contributed by atoms with Gasteiger partial charge in [0.1, 0.15) is 31.3 Å². The van der Waals surface area contributed by atoms with Gasteiger partial charge in [0, 0.05) is 5.56 Å². The number of amides is 1. The first-order valence-corrected chi connectivity index (χ1v) is 13.7. The SMILES string of the molecule is CCOc1cc([C@H]2C(=C(O)c3ccc4c(c3)OCCO4)C(=O)C(=O)N2Cc2ccco2)ccc1OCc1ccccc1. The van der Waals surface area contributed by atoms with Gasteiger partial charge in [-0.1, -0.05) is 36.4 Å². The minimum atomic E-state index is -0.925. The lowest BCUT2D eigenvalue weighted by atomic mass is 9.94. The highest BCUT2D eigenvalue weighted by Crippen LogP contribution is 2.44. The summed E-state index contributed by atoms with van der Waals surface area (Å²) >= 11 is 0. The number of Topliss-reactive ketones (excluding diaryl/α,β-unsaturated/α-hetero) is 1. The molecule has 214 valence electrons. The van der Waals surface area contributed by atoms with Crippen LogP contribution in [-0.4, -0.2) is 41.5 Å². The fourth-order valence-electron chi connectivity index (χ4n) is 5.12. The minimum Gasteiger partial charge on any atom is -0.507 e. The van der Waals surface area contributed by atoms with E-state index in [0.717, 1.165) is 5.56 Å². The molecule has 9 nitrogen and oxygen atoms in total. The van der Waals surface area contributed by atoms with E-state index >= 15 is 0 Å². The molecule has 1 atom stereocenters. The molecule has 4 aromatic rings. The lowest BCUT2D eigenvalue weighted by molar-refractivity contribution is -0.140. The summed E-state index contributed by atoms with van der Waals surface area (Å²) in [5.74, 6) is 0.575. The van der Waals surface area contributed by atoms with Crippen molar-refractivity contribution in [3.05, 3.63) is 113 Å². The number of ketones is 1. The Kier molecular flexibility index (Phi) is 7.55. The molecule has 0 spiro atoms. The smallest absolute Gasteiger partial charge is 0.296 e. The van der Waals surface area contributed by atoms with Crippen LogP contribution in [0.5, 0.6) is 23.0 Å². The summed E-state index contributed by atoms with van der Waals surface area (Å²) in [6.07, 6.45) is 1.50. The van der Waals surface area contributed by atoms with Crippen molar-refractivity contribution in [3.8, 4) is 23.0 Å². The third kappa shape index (κ3) is 5.28. The molecule has 2 aliphatic rings. The molecule has 9 heteroatoms. The standard InChI is InChI=1S/C33H29NO8/c1-2-38-27-17-22(10-12-26(27)42-20-21-7-4-3-5-8-21)30-29(32(36)33(37)34(30)19-24-9-6-14-39-24)31(35)23-11-13-25-28(18-23)41-16-15-40-25/h3-14,17-18,30,35H,2,15-16,19-20H2,1H3/t30-/m0/s1. The zero-order valence-corrected chi connectivity index (χ0v) is 22.9. The Bertz CT molecular complexity index is 1630. The number of fused-ring (bicyclic) bond motifs is 1. The van der Waals surface area contributed by atoms with Gasteiger partial charge in [-0.3, -0.25) is 9.59 Å². The van der Waals surface area contributed by atoms with Gasteiger partial charge in [0.15, 0.2) is 23.0 Å². The van der Waals surface area contributed by atoms with Crippen LogP contribution < -0.4 is 18.9 Å². The summed E-state index contributed by atoms with van der Waals surface area (Å²) in [5.41, 5.74) is 1.84. The molecule has 1 fully saturated rings. The van der Waals surface area contributed by atoms with Crippen molar-refractivity contribution < 1.29 is 38.1 Å². The van der Waals surface area contributed by atoms with Gasteiger partial charge in [-0.2, -0.15) is 0 Å². The molecule has 0 radical (unpaired) electrons. The van der Waals surface area contributed by atoms with E-state index < -0.39 is 17.7 Å². The Morgan fingerprint density at radius 2 is 1.71 bits per heavy atom. The van der Waals surface area contributed by atoms with Crippen LogP contribution in [0.15, 0.2) is 95.1 Å². The number of carbonyl (C=O) groups excluding carboxylic acids is 2. The van der Waals surface area contributed by atoms with Crippen molar-refractivity contribution >= 4 is 17.4 Å². The number of hydrogen-bond acceptors (Lipinski definition) is 8. The molecule has 0 bridgehead atoms. The van der Waals surface area contributed by atoms with Gasteiger partial charge >= 0.3 is 0 Å². The van der Waals surface area contributed by atoms with E-state index in [1.54, 1.807) is 48.5 Å². The number of nitrogens with zero attached hydrogens (tertiary/aromatic N) is 1. The van der Waals surface area contributed by atoms with Crippen LogP contribution in [-0.2, 0) is 22.7 Å². The molecule has 1 aromatic heterocycles. The Hall–Kier alpha value is -5.18. The molecule has 2 aliphatic heterocycles. The molecule has 1 saturated heterocycles. The largest absolute Gasteiger partial charge is 0.507 e. The average molecular weight is 568 g/mol. The molecule has 3 aromatic carbocycles. The monoisotopic (exact) mass is 567 g/mol. The number of aliphatic hydroxyl groups excluding tert-OH is 1. The van der Waals surface area contributed by atoms with Crippen LogP contribution in [0.1, 0.15) is 35.4 Å². The highest BCUT2D eigenvalue weighted by molar-refractivity contribution is 6.46. The number of likely N-dealkylation sites (tertiary alicyclic amines) is 1. The molecular formula is C33H29NO8. The van der Waals surface area contributed by atoms with Crippen LogP contribution >= 0.6 is 0 Å². The van der Waals surface area contributed by atoms with Gasteiger partial charge in [0.2, 0.25) is 0 Å². The van der Waals surface area contributed by atoms with Crippen molar-refractivity contribution in [2.75, 3.05) is 19.8 Å². The van der Waals surface area contributed by atoms with Crippen molar-refractivity contribution in [2.45, 2.75) is 26.1 Å². The van der Waals surface area contributed by atoms with Gasteiger partial charge < -0.3 is 33.4 Å². The first kappa shape index (κ1) is 27.0. The van der Waals surface area contributed by atoms with E-state index in [4.69, 9.17) is 23.4 Å². The summed E-state index contributed by atoms with van der Waals surface area (Å²) in [7, 11) is 0. The van der Waals surface area contributed by atoms with E-state index in [0.29, 0.717) is 66.3 Å². The molecule has 42 heavy (non-hydrogen) atoms.